The van der Waals surface area contributed by atoms with Gasteiger partial charge in [-0.2, -0.15) is 4.21 Å². The van der Waals surface area contributed by atoms with Crippen LogP contribution < -0.4 is 0 Å². The summed E-state index contributed by atoms with van der Waals surface area (Å²) in [6.07, 6.45) is 0.625. The average Bonchev–Trinajstić information content (AvgIpc) is 2.06. The van der Waals surface area contributed by atoms with Crippen molar-refractivity contribution in [2.24, 2.45) is 0 Å². The molecule has 0 radical (unpaired) electrons. The first-order valence-corrected chi connectivity index (χ1v) is 7.20. The zero-order valence-electron chi connectivity index (χ0n) is 7.22. The Morgan fingerprint density at radius 1 is 1.29 bits per heavy atom. The molecular weight excluding hydrogens is 244 g/mol. The monoisotopic (exact) mass is 253 g/mol. The number of halogens is 1. The normalized spacial score (nSPS) is 11.4. The SMILES string of the molecule is O=S(O)(O)=[S+]CCc1ccc(Cl)cc1. The van der Waals surface area contributed by atoms with Gasteiger partial charge in [-0.05, 0) is 17.7 Å². The van der Waals surface area contributed by atoms with E-state index in [-0.39, 0.29) is 0 Å². The molecule has 0 aromatic heterocycles. The molecule has 0 aliphatic heterocycles. The first-order valence-electron chi connectivity index (χ1n) is 3.85. The minimum Gasteiger partial charge on any atom is -0.251 e. The second-order valence-electron chi connectivity index (χ2n) is 2.65. The van der Waals surface area contributed by atoms with Crippen LogP contribution in [0.5, 0.6) is 0 Å². The van der Waals surface area contributed by atoms with Crippen molar-refractivity contribution >= 4 is 31.0 Å². The molecule has 0 spiro atoms. The number of benzene rings is 1. The first kappa shape index (κ1) is 11.9. The van der Waals surface area contributed by atoms with Gasteiger partial charge in [0.2, 0.25) is 0 Å². The van der Waals surface area contributed by atoms with Crippen LogP contribution in [0.15, 0.2) is 24.3 Å². The highest BCUT2D eigenvalue weighted by Gasteiger charge is 2.09. The van der Waals surface area contributed by atoms with E-state index >= 15 is 0 Å². The summed E-state index contributed by atoms with van der Waals surface area (Å²) in [5.41, 5.74) is 1.02. The van der Waals surface area contributed by atoms with Crippen molar-refractivity contribution < 1.29 is 13.3 Å². The van der Waals surface area contributed by atoms with E-state index in [1.807, 2.05) is 12.1 Å². The van der Waals surface area contributed by atoms with Gasteiger partial charge in [-0.15, -0.1) is 0 Å². The average molecular weight is 254 g/mol. The molecule has 0 saturated heterocycles. The zero-order chi connectivity index (χ0) is 10.6. The molecule has 0 amide bonds. The summed E-state index contributed by atoms with van der Waals surface area (Å²) in [6.45, 7) is 0. The van der Waals surface area contributed by atoms with Gasteiger partial charge in [0, 0.05) is 11.4 Å². The molecule has 78 valence electrons. The van der Waals surface area contributed by atoms with Crippen LogP contribution in [-0.4, -0.2) is 19.1 Å². The smallest absolute Gasteiger partial charge is 0.251 e. The minimum atomic E-state index is -3.66. The largest absolute Gasteiger partial charge is 0.430 e. The summed E-state index contributed by atoms with van der Waals surface area (Å²) in [5, 5.41) is 0.662. The Morgan fingerprint density at radius 3 is 2.36 bits per heavy atom. The standard InChI is InChI=1S/C8H9ClO3S2/c9-8-3-1-7(2-4-8)5-6-13-14(10,11)12/h1-4H,5-6H2,(H-,10,11,12)/p+1. The molecule has 0 heterocycles. The molecule has 0 bridgehead atoms. The van der Waals surface area contributed by atoms with Crippen molar-refractivity contribution in [2.45, 2.75) is 6.42 Å². The van der Waals surface area contributed by atoms with Crippen LogP contribution in [0.3, 0.4) is 0 Å². The molecule has 6 heteroatoms. The van der Waals surface area contributed by atoms with Crippen molar-refractivity contribution in [2.75, 3.05) is 5.75 Å². The van der Waals surface area contributed by atoms with E-state index in [1.54, 1.807) is 12.1 Å². The molecule has 3 nitrogen and oxygen atoms in total. The molecule has 1 aromatic rings. The molecular formula is C8H10ClO3S2+. The molecule has 2 N–H and O–H groups in total. The first-order chi connectivity index (χ1) is 6.47. The highest BCUT2D eigenvalue weighted by Crippen LogP contribution is 2.09. The minimum absolute atomic E-state index is 0.396. The molecule has 0 atom stereocenters. The van der Waals surface area contributed by atoms with Crippen molar-refractivity contribution in [3.8, 4) is 0 Å². The summed E-state index contributed by atoms with van der Waals surface area (Å²) in [5.74, 6) is 0.396. The summed E-state index contributed by atoms with van der Waals surface area (Å²) < 4.78 is 27.6. The lowest BCUT2D eigenvalue weighted by Crippen LogP contribution is -2.00. The van der Waals surface area contributed by atoms with Crippen LogP contribution in [0.4, 0.5) is 0 Å². The van der Waals surface area contributed by atoms with E-state index in [2.05, 4.69) is 0 Å². The number of hydrogen-bond donors (Lipinski definition) is 2. The molecule has 0 unspecified atom stereocenters. The van der Waals surface area contributed by atoms with Crippen LogP contribution >= 0.6 is 11.6 Å². The summed E-state index contributed by atoms with van der Waals surface area (Å²) in [4.78, 5) is 0. The highest BCUT2D eigenvalue weighted by atomic mass is 35.5. The lowest BCUT2D eigenvalue weighted by atomic mass is 10.2. The molecule has 0 saturated carbocycles. The maximum atomic E-state index is 10.5. The molecule has 1 aromatic carbocycles. The maximum Gasteiger partial charge on any atom is 0.430 e. The third kappa shape index (κ3) is 4.88. The molecule has 0 fully saturated rings. The molecule has 1 rings (SSSR count). The van der Waals surface area contributed by atoms with E-state index in [9.17, 15) is 4.21 Å². The van der Waals surface area contributed by atoms with E-state index in [0.29, 0.717) is 27.5 Å². The predicted molar refractivity (Wildman–Crippen MR) is 60.8 cm³/mol. The van der Waals surface area contributed by atoms with E-state index in [0.717, 1.165) is 5.56 Å². The van der Waals surface area contributed by atoms with Crippen LogP contribution in [-0.2, 0) is 25.8 Å². The van der Waals surface area contributed by atoms with Crippen molar-refractivity contribution in [3.63, 3.8) is 0 Å². The van der Waals surface area contributed by atoms with Crippen molar-refractivity contribution in [1.29, 1.82) is 0 Å². The fourth-order valence-corrected chi connectivity index (χ4v) is 2.48. The highest BCUT2D eigenvalue weighted by molar-refractivity contribution is 8.34. The quantitative estimate of drug-likeness (QED) is 0.812. The second-order valence-corrected chi connectivity index (χ2v) is 6.63. The van der Waals surface area contributed by atoms with Crippen molar-refractivity contribution in [1.82, 2.24) is 0 Å². The van der Waals surface area contributed by atoms with Gasteiger partial charge in [0.05, 0.1) is 0 Å². The van der Waals surface area contributed by atoms with Gasteiger partial charge in [0.25, 0.3) is 10.3 Å². The van der Waals surface area contributed by atoms with Crippen LogP contribution in [0, 0.1) is 0 Å². The van der Waals surface area contributed by atoms with Gasteiger partial charge in [0.1, 0.15) is 0 Å². The Hall–Kier alpha value is -0.200. The number of rotatable bonds is 3. The summed E-state index contributed by atoms with van der Waals surface area (Å²) in [6, 6.07) is 7.21. The van der Waals surface area contributed by atoms with Crippen LogP contribution in [0.1, 0.15) is 5.56 Å². The Kier molecular flexibility index (Phi) is 4.28. The van der Waals surface area contributed by atoms with Gasteiger partial charge < -0.3 is 0 Å². The van der Waals surface area contributed by atoms with Gasteiger partial charge in [-0.25, -0.2) is 0 Å². The number of aryl methyl sites for hydroxylation is 1. The van der Waals surface area contributed by atoms with E-state index in [4.69, 9.17) is 20.7 Å². The third-order valence-corrected chi connectivity index (χ3v) is 3.89. The Morgan fingerprint density at radius 2 is 1.86 bits per heavy atom. The Balaban J connectivity index is 2.55. The van der Waals surface area contributed by atoms with Crippen LogP contribution in [0.25, 0.3) is 0 Å². The topological polar surface area (TPSA) is 57.5 Å². The van der Waals surface area contributed by atoms with Crippen molar-refractivity contribution in [3.05, 3.63) is 34.9 Å². The summed E-state index contributed by atoms with van der Waals surface area (Å²) in [7, 11) is -3.02. The van der Waals surface area contributed by atoms with Crippen LogP contribution in [0.2, 0.25) is 5.02 Å². The molecule has 0 aliphatic rings. The predicted octanol–water partition coefficient (Wildman–Crippen LogP) is 2.11. The fraction of sp³-hybridized carbons (Fsp3) is 0.250. The maximum absolute atomic E-state index is 10.5. The van der Waals surface area contributed by atoms with Gasteiger partial charge in [0.15, 0.2) is 5.75 Å². The van der Waals surface area contributed by atoms with Gasteiger partial charge >= 0.3 is 9.05 Å². The Bertz CT molecular complexity index is 399. The van der Waals surface area contributed by atoms with E-state index < -0.39 is 9.05 Å². The van der Waals surface area contributed by atoms with Gasteiger partial charge in [-0.3, -0.25) is 9.11 Å². The van der Waals surface area contributed by atoms with E-state index in [1.165, 1.54) is 0 Å². The second kappa shape index (κ2) is 5.04. The summed E-state index contributed by atoms with van der Waals surface area (Å²) >= 11 is 5.69. The Labute approximate surface area is 91.4 Å². The molecule has 14 heavy (non-hydrogen) atoms. The number of hydrogen-bond acceptors (Lipinski definition) is 1. The lowest BCUT2D eigenvalue weighted by Gasteiger charge is -1.93. The molecule has 0 aliphatic carbocycles. The lowest BCUT2D eigenvalue weighted by molar-refractivity contribution is 0.450. The zero-order valence-corrected chi connectivity index (χ0v) is 9.61. The third-order valence-electron chi connectivity index (χ3n) is 1.54. The fourth-order valence-electron chi connectivity index (χ4n) is 0.919. The van der Waals surface area contributed by atoms with Gasteiger partial charge in [-0.1, -0.05) is 23.7 Å².